The minimum atomic E-state index is -0.595. The Morgan fingerprint density at radius 1 is 1.13 bits per heavy atom. The summed E-state index contributed by atoms with van der Waals surface area (Å²) >= 11 is 1.36. The lowest BCUT2D eigenvalue weighted by Gasteiger charge is -2.12. The Labute approximate surface area is 181 Å². The molecule has 10 heteroatoms. The number of nitrogens with zero attached hydrogens (tertiary/aromatic N) is 4. The number of nitrogens with two attached hydrogens (primary N) is 1. The summed E-state index contributed by atoms with van der Waals surface area (Å²) in [5.41, 5.74) is 7.68. The first-order valence-electron chi connectivity index (χ1n) is 9.20. The van der Waals surface area contributed by atoms with Crippen molar-refractivity contribution in [2.45, 2.75) is 11.9 Å². The zero-order chi connectivity index (χ0) is 22.0. The molecule has 2 amide bonds. The number of carbonyl (C=O) groups is 2. The highest BCUT2D eigenvalue weighted by Gasteiger charge is 2.20. The van der Waals surface area contributed by atoms with E-state index in [1.807, 2.05) is 6.26 Å². The van der Waals surface area contributed by atoms with E-state index >= 15 is 0 Å². The lowest BCUT2D eigenvalue weighted by atomic mass is 10.2. The molecule has 31 heavy (non-hydrogen) atoms. The molecule has 4 aromatic rings. The zero-order valence-corrected chi connectivity index (χ0v) is 17.5. The summed E-state index contributed by atoms with van der Waals surface area (Å²) < 4.78 is 6.90. The molecule has 0 radical (unpaired) electrons. The van der Waals surface area contributed by atoms with Gasteiger partial charge in [-0.1, -0.05) is 0 Å². The van der Waals surface area contributed by atoms with Crippen LogP contribution in [0.25, 0.3) is 17.3 Å². The molecule has 3 heterocycles. The smallest absolute Gasteiger partial charge is 0.269 e. The van der Waals surface area contributed by atoms with E-state index < -0.39 is 5.91 Å². The molecule has 0 aliphatic carbocycles. The normalized spacial score (nSPS) is 10.8. The Bertz CT molecular complexity index is 1250. The molecule has 0 saturated carbocycles. The summed E-state index contributed by atoms with van der Waals surface area (Å²) in [6.45, 7) is 1.76. The minimum Gasteiger partial charge on any atom is -0.461 e. The highest BCUT2D eigenvalue weighted by molar-refractivity contribution is 7.98. The highest BCUT2D eigenvalue weighted by Crippen LogP contribution is 2.26. The summed E-state index contributed by atoms with van der Waals surface area (Å²) in [4.78, 5) is 33.1. The van der Waals surface area contributed by atoms with Crippen LogP contribution in [0.15, 0.2) is 64.4 Å². The van der Waals surface area contributed by atoms with Gasteiger partial charge in [0.05, 0.1) is 23.2 Å². The maximum atomic E-state index is 12.9. The topological polar surface area (TPSA) is 129 Å². The van der Waals surface area contributed by atoms with Crippen molar-refractivity contribution in [3.63, 3.8) is 0 Å². The number of hydrogen-bond donors (Lipinski definition) is 2. The SMILES string of the molecule is CSc1nc(-c2ccco2)nc(C)c1C(=O)Nc1ccc(-n2ccc(C(N)=O)n2)cc1. The van der Waals surface area contributed by atoms with Gasteiger partial charge in [0.2, 0.25) is 0 Å². The molecule has 0 spiro atoms. The number of nitrogens with one attached hydrogen (secondary N) is 1. The molecule has 3 aromatic heterocycles. The van der Waals surface area contributed by atoms with Gasteiger partial charge in [-0.15, -0.1) is 11.8 Å². The standard InChI is InChI=1S/C21H18N6O3S/c1-12-17(21(31-2)25-19(23-12)16-4-3-11-30-16)20(29)24-13-5-7-14(8-6-13)27-10-9-15(26-27)18(22)28/h3-11H,1-2H3,(H2,22,28)(H,24,29). The van der Waals surface area contributed by atoms with Gasteiger partial charge < -0.3 is 15.5 Å². The Kier molecular flexibility index (Phi) is 5.54. The van der Waals surface area contributed by atoms with Crippen molar-refractivity contribution in [1.29, 1.82) is 0 Å². The first-order valence-corrected chi connectivity index (χ1v) is 10.4. The zero-order valence-electron chi connectivity index (χ0n) is 16.7. The van der Waals surface area contributed by atoms with Crippen LogP contribution < -0.4 is 11.1 Å². The van der Waals surface area contributed by atoms with Crippen LogP contribution in [0, 0.1) is 6.92 Å². The first kappa shape index (κ1) is 20.4. The van der Waals surface area contributed by atoms with Crippen LogP contribution in [0.3, 0.4) is 0 Å². The van der Waals surface area contributed by atoms with E-state index in [0.29, 0.717) is 33.6 Å². The van der Waals surface area contributed by atoms with Crippen molar-refractivity contribution in [1.82, 2.24) is 19.7 Å². The van der Waals surface area contributed by atoms with Crippen molar-refractivity contribution in [2.75, 3.05) is 11.6 Å². The Balaban J connectivity index is 1.56. The summed E-state index contributed by atoms with van der Waals surface area (Å²) in [5, 5.41) is 7.54. The van der Waals surface area contributed by atoms with Gasteiger partial charge in [0.25, 0.3) is 11.8 Å². The van der Waals surface area contributed by atoms with Gasteiger partial charge in [0, 0.05) is 11.9 Å². The molecule has 4 rings (SSSR count). The average Bonchev–Trinajstić information content (AvgIpc) is 3.46. The Morgan fingerprint density at radius 2 is 1.90 bits per heavy atom. The van der Waals surface area contributed by atoms with Gasteiger partial charge in [-0.3, -0.25) is 9.59 Å². The third-order valence-corrected chi connectivity index (χ3v) is 5.13. The number of primary amides is 1. The number of carbonyl (C=O) groups excluding carboxylic acids is 2. The van der Waals surface area contributed by atoms with E-state index in [9.17, 15) is 9.59 Å². The minimum absolute atomic E-state index is 0.176. The fourth-order valence-corrected chi connectivity index (χ4v) is 3.58. The largest absolute Gasteiger partial charge is 0.461 e. The van der Waals surface area contributed by atoms with Crippen LogP contribution in [0.4, 0.5) is 5.69 Å². The second kappa shape index (κ2) is 8.44. The summed E-state index contributed by atoms with van der Waals surface area (Å²) in [6.07, 6.45) is 5.04. The summed E-state index contributed by atoms with van der Waals surface area (Å²) in [5.74, 6) is 0.0694. The third kappa shape index (κ3) is 4.19. The molecule has 156 valence electrons. The van der Waals surface area contributed by atoms with Crippen molar-refractivity contribution in [2.24, 2.45) is 5.73 Å². The van der Waals surface area contributed by atoms with Gasteiger partial charge >= 0.3 is 0 Å². The quantitative estimate of drug-likeness (QED) is 0.352. The number of hydrogen-bond acceptors (Lipinski definition) is 7. The van der Waals surface area contributed by atoms with Gasteiger partial charge in [-0.25, -0.2) is 14.6 Å². The molecule has 0 unspecified atom stereocenters. The number of thioether (sulfide) groups is 1. The molecular formula is C21H18N6O3S. The summed E-state index contributed by atoms with van der Waals surface area (Å²) in [7, 11) is 0. The number of benzene rings is 1. The third-order valence-electron chi connectivity index (χ3n) is 4.45. The van der Waals surface area contributed by atoms with Gasteiger partial charge in [0.15, 0.2) is 11.6 Å². The van der Waals surface area contributed by atoms with Gasteiger partial charge in [-0.05, 0) is 55.6 Å². The number of rotatable bonds is 6. The van der Waals surface area contributed by atoms with E-state index in [4.69, 9.17) is 10.2 Å². The molecule has 0 atom stereocenters. The van der Waals surface area contributed by atoms with E-state index in [2.05, 4.69) is 20.4 Å². The lowest BCUT2D eigenvalue weighted by Crippen LogP contribution is -2.17. The van der Waals surface area contributed by atoms with Gasteiger partial charge in [0.1, 0.15) is 10.7 Å². The number of anilines is 1. The van der Waals surface area contributed by atoms with Gasteiger partial charge in [-0.2, -0.15) is 5.10 Å². The molecular weight excluding hydrogens is 416 g/mol. The van der Waals surface area contributed by atoms with E-state index in [1.165, 1.54) is 22.5 Å². The van der Waals surface area contributed by atoms with Crippen molar-refractivity contribution >= 4 is 29.3 Å². The molecule has 0 fully saturated rings. The molecule has 0 saturated heterocycles. The predicted octanol–water partition coefficient (Wildman–Crippen LogP) is 3.30. The van der Waals surface area contributed by atoms with Crippen LogP contribution in [-0.2, 0) is 0 Å². The van der Waals surface area contributed by atoms with Crippen molar-refractivity contribution in [3.8, 4) is 17.3 Å². The monoisotopic (exact) mass is 434 g/mol. The first-order chi connectivity index (χ1) is 15.0. The van der Waals surface area contributed by atoms with Crippen LogP contribution in [0.1, 0.15) is 26.5 Å². The van der Waals surface area contributed by atoms with Crippen molar-refractivity contribution in [3.05, 3.63) is 71.9 Å². The molecule has 0 aliphatic rings. The fourth-order valence-electron chi connectivity index (χ4n) is 2.96. The fraction of sp³-hybridized carbons (Fsp3) is 0.0952. The highest BCUT2D eigenvalue weighted by atomic mass is 32.2. The van der Waals surface area contributed by atoms with E-state index in [-0.39, 0.29) is 11.6 Å². The van der Waals surface area contributed by atoms with E-state index in [0.717, 1.165) is 5.69 Å². The van der Waals surface area contributed by atoms with Crippen LogP contribution >= 0.6 is 11.8 Å². The molecule has 3 N–H and O–H groups in total. The Morgan fingerprint density at radius 3 is 2.52 bits per heavy atom. The van der Waals surface area contributed by atoms with E-state index in [1.54, 1.807) is 55.8 Å². The maximum Gasteiger partial charge on any atom is 0.269 e. The number of aryl methyl sites for hydroxylation is 1. The van der Waals surface area contributed by atoms with Crippen LogP contribution in [0.2, 0.25) is 0 Å². The second-order valence-corrected chi connectivity index (χ2v) is 7.30. The Hall–Kier alpha value is -3.92. The number of amides is 2. The number of furan rings is 1. The predicted molar refractivity (Wildman–Crippen MR) is 116 cm³/mol. The van der Waals surface area contributed by atoms with Crippen LogP contribution in [-0.4, -0.2) is 37.8 Å². The molecule has 0 bridgehead atoms. The molecule has 1 aromatic carbocycles. The molecule has 9 nitrogen and oxygen atoms in total. The number of aromatic nitrogens is 4. The maximum absolute atomic E-state index is 12.9. The second-order valence-electron chi connectivity index (χ2n) is 6.50. The average molecular weight is 434 g/mol. The van der Waals surface area contributed by atoms with Crippen LogP contribution in [0.5, 0.6) is 0 Å². The molecule has 0 aliphatic heterocycles. The van der Waals surface area contributed by atoms with Crippen molar-refractivity contribution < 1.29 is 14.0 Å². The summed E-state index contributed by atoms with van der Waals surface area (Å²) in [6, 6.07) is 12.1. The lowest BCUT2D eigenvalue weighted by molar-refractivity contribution is 0.0992.